The van der Waals surface area contributed by atoms with Crippen molar-refractivity contribution in [2.45, 2.75) is 18.7 Å². The van der Waals surface area contributed by atoms with Crippen molar-refractivity contribution in [2.75, 3.05) is 16.6 Å². The lowest BCUT2D eigenvalue weighted by molar-refractivity contribution is 0.0525. The normalized spacial score (nSPS) is 11.0. The van der Waals surface area contributed by atoms with Crippen LogP contribution in [-0.4, -0.2) is 26.9 Å². The van der Waals surface area contributed by atoms with Gasteiger partial charge in [0.15, 0.2) is 0 Å². The number of benzene rings is 3. The van der Waals surface area contributed by atoms with E-state index in [0.29, 0.717) is 22.5 Å². The van der Waals surface area contributed by atoms with Crippen molar-refractivity contribution >= 4 is 44.9 Å². The average molecular weight is 473 g/mol. The van der Waals surface area contributed by atoms with Crippen molar-refractivity contribution in [2.24, 2.45) is 0 Å². The van der Waals surface area contributed by atoms with Gasteiger partial charge in [-0.1, -0.05) is 35.9 Å². The van der Waals surface area contributed by atoms with Crippen LogP contribution < -0.4 is 10.0 Å². The van der Waals surface area contributed by atoms with Crippen LogP contribution >= 0.6 is 11.6 Å². The zero-order valence-corrected chi connectivity index (χ0v) is 19.0. The third kappa shape index (κ3) is 5.27. The minimum Gasteiger partial charge on any atom is -0.462 e. The van der Waals surface area contributed by atoms with Crippen molar-refractivity contribution in [3.8, 4) is 0 Å². The molecule has 3 aromatic carbocycles. The molecule has 166 valence electrons. The number of amides is 1. The first-order valence-electron chi connectivity index (χ1n) is 9.68. The molecule has 0 atom stereocenters. The number of carbonyl (C=O) groups excluding carboxylic acids is 2. The molecule has 0 radical (unpaired) electrons. The summed E-state index contributed by atoms with van der Waals surface area (Å²) in [5.74, 6) is -1.05. The molecule has 9 heteroatoms. The Morgan fingerprint density at radius 2 is 1.72 bits per heavy atom. The Hall–Kier alpha value is -3.36. The summed E-state index contributed by atoms with van der Waals surface area (Å²) in [4.78, 5) is 24.7. The van der Waals surface area contributed by atoms with Gasteiger partial charge in [0.1, 0.15) is 4.90 Å². The highest BCUT2D eigenvalue weighted by molar-refractivity contribution is 7.92. The fourth-order valence-corrected chi connectivity index (χ4v) is 4.55. The van der Waals surface area contributed by atoms with E-state index in [2.05, 4.69) is 10.0 Å². The molecule has 0 spiro atoms. The Labute approximate surface area is 191 Å². The molecule has 3 rings (SSSR count). The maximum atomic E-state index is 12.8. The van der Waals surface area contributed by atoms with E-state index < -0.39 is 21.9 Å². The molecule has 7 nitrogen and oxygen atoms in total. The number of hydrogen-bond donors (Lipinski definition) is 2. The van der Waals surface area contributed by atoms with Crippen LogP contribution in [0.25, 0.3) is 0 Å². The Bertz CT molecular complexity index is 1260. The average Bonchev–Trinajstić information content (AvgIpc) is 2.76. The number of anilines is 2. The lowest BCUT2D eigenvalue weighted by atomic mass is 10.1. The summed E-state index contributed by atoms with van der Waals surface area (Å²) in [6, 6.07) is 17.2. The molecule has 0 aliphatic carbocycles. The van der Waals surface area contributed by atoms with Crippen LogP contribution in [0.3, 0.4) is 0 Å². The Morgan fingerprint density at radius 1 is 1.00 bits per heavy atom. The van der Waals surface area contributed by atoms with Crippen molar-refractivity contribution in [1.29, 1.82) is 0 Å². The van der Waals surface area contributed by atoms with E-state index in [0.717, 1.165) is 0 Å². The second-order valence-electron chi connectivity index (χ2n) is 6.77. The molecule has 0 unspecified atom stereocenters. The number of hydrogen-bond acceptors (Lipinski definition) is 5. The van der Waals surface area contributed by atoms with Gasteiger partial charge in [-0.05, 0) is 61.9 Å². The SMILES string of the molecule is CCOC(=O)c1cccc(NC(=O)c2ccc(Cl)c(S(=O)(=O)Nc3ccccc3)c2)c1C. The maximum absolute atomic E-state index is 12.8. The van der Waals surface area contributed by atoms with E-state index in [-0.39, 0.29) is 22.1 Å². The fourth-order valence-electron chi connectivity index (χ4n) is 2.96. The lowest BCUT2D eigenvalue weighted by Gasteiger charge is -2.13. The monoisotopic (exact) mass is 472 g/mol. The minimum absolute atomic E-state index is 0.0227. The van der Waals surface area contributed by atoms with Gasteiger partial charge in [-0.25, -0.2) is 13.2 Å². The predicted molar refractivity (Wildman–Crippen MR) is 124 cm³/mol. The van der Waals surface area contributed by atoms with Crippen LogP contribution in [0.2, 0.25) is 5.02 Å². The van der Waals surface area contributed by atoms with Crippen LogP contribution in [0.15, 0.2) is 71.6 Å². The second-order valence-corrected chi connectivity index (χ2v) is 8.83. The van der Waals surface area contributed by atoms with E-state index >= 15 is 0 Å². The summed E-state index contributed by atoms with van der Waals surface area (Å²) >= 11 is 6.12. The molecular formula is C23H21ClN2O5S. The molecule has 2 N–H and O–H groups in total. The van der Waals surface area contributed by atoms with E-state index in [1.807, 2.05) is 0 Å². The third-order valence-electron chi connectivity index (χ3n) is 4.59. The topological polar surface area (TPSA) is 102 Å². The highest BCUT2D eigenvalue weighted by Crippen LogP contribution is 2.26. The Kier molecular flexibility index (Phi) is 7.17. The summed E-state index contributed by atoms with van der Waals surface area (Å²) in [7, 11) is -4.03. The third-order valence-corrected chi connectivity index (χ3v) is 6.45. The summed E-state index contributed by atoms with van der Waals surface area (Å²) in [6.07, 6.45) is 0. The molecule has 0 fully saturated rings. The predicted octanol–water partition coefficient (Wildman–Crippen LogP) is 4.88. The molecule has 0 saturated heterocycles. The van der Waals surface area contributed by atoms with Crippen LogP contribution in [0, 0.1) is 6.92 Å². The van der Waals surface area contributed by atoms with Gasteiger partial charge in [-0.3, -0.25) is 9.52 Å². The number of sulfonamides is 1. The van der Waals surface area contributed by atoms with E-state index in [9.17, 15) is 18.0 Å². The van der Waals surface area contributed by atoms with Crippen molar-refractivity contribution in [1.82, 2.24) is 0 Å². The quantitative estimate of drug-likeness (QED) is 0.477. The minimum atomic E-state index is -4.03. The largest absolute Gasteiger partial charge is 0.462 e. The lowest BCUT2D eigenvalue weighted by Crippen LogP contribution is -2.17. The molecule has 0 bridgehead atoms. The van der Waals surface area contributed by atoms with Crippen LogP contribution in [0.5, 0.6) is 0 Å². The van der Waals surface area contributed by atoms with Gasteiger partial charge < -0.3 is 10.1 Å². The van der Waals surface area contributed by atoms with Gasteiger partial charge in [0.05, 0.1) is 17.2 Å². The first kappa shape index (κ1) is 23.3. The summed E-state index contributed by atoms with van der Waals surface area (Å²) in [6.45, 7) is 3.62. The molecule has 0 aliphatic rings. The van der Waals surface area contributed by atoms with E-state index in [1.54, 1.807) is 62.4 Å². The number of nitrogens with one attached hydrogen (secondary N) is 2. The van der Waals surface area contributed by atoms with Gasteiger partial charge >= 0.3 is 5.97 Å². The number of halogens is 1. The zero-order chi connectivity index (χ0) is 23.3. The first-order chi connectivity index (χ1) is 15.2. The summed E-state index contributed by atoms with van der Waals surface area (Å²) in [5.41, 5.74) is 1.72. The number of carbonyl (C=O) groups is 2. The fraction of sp³-hybridized carbons (Fsp3) is 0.130. The molecule has 1 amide bonds. The smallest absolute Gasteiger partial charge is 0.338 e. The molecule has 0 heterocycles. The number of para-hydroxylation sites is 1. The van der Waals surface area contributed by atoms with Crippen LogP contribution in [0.1, 0.15) is 33.2 Å². The van der Waals surface area contributed by atoms with Crippen LogP contribution in [0.4, 0.5) is 11.4 Å². The van der Waals surface area contributed by atoms with E-state index in [4.69, 9.17) is 16.3 Å². The van der Waals surface area contributed by atoms with Gasteiger partial charge in [0, 0.05) is 16.9 Å². The standard InChI is InChI=1S/C23H21ClN2O5S/c1-3-31-23(28)18-10-7-11-20(15(18)2)25-22(27)16-12-13-19(24)21(14-16)32(29,30)26-17-8-5-4-6-9-17/h4-14,26H,3H2,1-2H3,(H,25,27). The Balaban J connectivity index is 1.88. The van der Waals surface area contributed by atoms with Crippen molar-refractivity contribution in [3.05, 3.63) is 88.4 Å². The second kappa shape index (κ2) is 9.84. The van der Waals surface area contributed by atoms with Gasteiger partial charge in [0.25, 0.3) is 15.9 Å². The maximum Gasteiger partial charge on any atom is 0.338 e. The van der Waals surface area contributed by atoms with Crippen molar-refractivity contribution < 1.29 is 22.7 Å². The summed E-state index contributed by atoms with van der Waals surface area (Å²) in [5, 5.41) is 2.68. The molecule has 0 saturated carbocycles. The van der Waals surface area contributed by atoms with E-state index in [1.165, 1.54) is 18.2 Å². The first-order valence-corrected chi connectivity index (χ1v) is 11.5. The highest BCUT2D eigenvalue weighted by atomic mass is 35.5. The highest BCUT2D eigenvalue weighted by Gasteiger charge is 2.21. The van der Waals surface area contributed by atoms with Crippen LogP contribution in [-0.2, 0) is 14.8 Å². The molecule has 0 aromatic heterocycles. The summed E-state index contributed by atoms with van der Waals surface area (Å²) < 4.78 is 33.1. The number of rotatable bonds is 7. The number of esters is 1. The zero-order valence-electron chi connectivity index (χ0n) is 17.4. The number of ether oxygens (including phenoxy) is 1. The molecule has 3 aromatic rings. The van der Waals surface area contributed by atoms with Gasteiger partial charge in [-0.2, -0.15) is 0 Å². The Morgan fingerprint density at radius 3 is 2.41 bits per heavy atom. The molecule has 0 aliphatic heterocycles. The van der Waals surface area contributed by atoms with Gasteiger partial charge in [-0.15, -0.1) is 0 Å². The molecular weight excluding hydrogens is 452 g/mol. The van der Waals surface area contributed by atoms with Gasteiger partial charge in [0.2, 0.25) is 0 Å². The van der Waals surface area contributed by atoms with Crippen molar-refractivity contribution in [3.63, 3.8) is 0 Å². The molecule has 32 heavy (non-hydrogen) atoms.